The Morgan fingerprint density at radius 2 is 2.44 bits per heavy atom. The fraction of sp³-hybridized carbons (Fsp3) is 0.636. The molecule has 0 spiro atoms. The second-order valence-corrected chi connectivity index (χ2v) is 4.95. The third-order valence-corrected chi connectivity index (χ3v) is 3.75. The number of carbonyl (C=O) groups excluding carboxylic acids is 1. The number of aromatic nitrogens is 2. The van der Waals surface area contributed by atoms with Crippen LogP contribution in [0.1, 0.15) is 24.8 Å². The number of carbonyl (C=O) groups is 1. The average Bonchev–Trinajstić information content (AvgIpc) is 2.91. The van der Waals surface area contributed by atoms with Crippen LogP contribution in [-0.4, -0.2) is 21.4 Å². The average molecular weight is 239 g/mol. The zero-order chi connectivity index (χ0) is 11.6. The molecular weight excluding hydrogens is 222 g/mol. The van der Waals surface area contributed by atoms with Gasteiger partial charge in [0.15, 0.2) is 0 Å². The monoisotopic (exact) mass is 239 g/mol. The number of hydrogen-bond acceptors (Lipinski definition) is 3. The highest BCUT2D eigenvalue weighted by Crippen LogP contribution is 2.49. The summed E-state index contributed by atoms with van der Waals surface area (Å²) < 4.78 is 1.73. The second-order valence-electron chi connectivity index (χ2n) is 4.63. The third kappa shape index (κ3) is 2.78. The quantitative estimate of drug-likeness (QED) is 0.757. The van der Waals surface area contributed by atoms with Crippen LogP contribution in [-0.2, 0) is 18.4 Å². The van der Waals surface area contributed by atoms with Crippen molar-refractivity contribution in [3.05, 3.63) is 18.0 Å². The minimum absolute atomic E-state index is 0.121. The first-order chi connectivity index (χ1) is 7.63. The smallest absolute Gasteiger partial charge is 0.220 e. The zero-order valence-electron chi connectivity index (χ0n) is 9.44. The maximum atomic E-state index is 11.7. The zero-order valence-corrected chi connectivity index (χ0v) is 10.3. The van der Waals surface area contributed by atoms with Crippen LogP contribution in [0.5, 0.6) is 0 Å². The van der Waals surface area contributed by atoms with E-state index in [1.807, 2.05) is 13.2 Å². The molecule has 1 aromatic rings. The molecular formula is C11H17N3OS. The van der Waals surface area contributed by atoms with Gasteiger partial charge in [-0.2, -0.15) is 17.7 Å². The van der Waals surface area contributed by atoms with Gasteiger partial charge in [-0.1, -0.05) is 0 Å². The van der Waals surface area contributed by atoms with Crippen molar-refractivity contribution in [2.45, 2.75) is 25.8 Å². The highest BCUT2D eigenvalue weighted by atomic mass is 32.1. The van der Waals surface area contributed by atoms with Crippen molar-refractivity contribution in [3.8, 4) is 0 Å². The summed E-state index contributed by atoms with van der Waals surface area (Å²) in [5.41, 5.74) is 1.23. The number of aryl methyl sites for hydroxylation is 1. The Hall–Kier alpha value is -0.970. The first-order valence-corrected chi connectivity index (χ1v) is 6.12. The summed E-state index contributed by atoms with van der Waals surface area (Å²) in [5, 5.41) is 6.97. The maximum Gasteiger partial charge on any atom is 0.220 e. The molecule has 0 unspecified atom stereocenters. The van der Waals surface area contributed by atoms with Crippen molar-refractivity contribution in [1.82, 2.24) is 15.1 Å². The Balaban J connectivity index is 1.76. The fourth-order valence-corrected chi connectivity index (χ4v) is 2.16. The number of nitrogens with zero attached hydrogens (tertiary/aromatic N) is 2. The van der Waals surface area contributed by atoms with E-state index in [0.717, 1.165) is 24.2 Å². The van der Waals surface area contributed by atoms with Crippen molar-refractivity contribution in [2.75, 3.05) is 5.75 Å². The van der Waals surface area contributed by atoms with Gasteiger partial charge in [0.05, 0.1) is 6.20 Å². The lowest BCUT2D eigenvalue weighted by Gasteiger charge is -2.10. The summed E-state index contributed by atoms with van der Waals surface area (Å²) in [4.78, 5) is 11.7. The molecule has 1 aromatic heterocycles. The Labute approximate surface area is 101 Å². The normalized spacial score (nSPS) is 17.1. The third-order valence-electron chi connectivity index (χ3n) is 3.08. The van der Waals surface area contributed by atoms with E-state index in [0.29, 0.717) is 13.0 Å². The molecule has 2 rings (SSSR count). The molecule has 1 heterocycles. The Morgan fingerprint density at radius 1 is 1.69 bits per heavy atom. The lowest BCUT2D eigenvalue weighted by molar-refractivity contribution is -0.122. The van der Waals surface area contributed by atoms with Crippen molar-refractivity contribution in [1.29, 1.82) is 0 Å². The van der Waals surface area contributed by atoms with Gasteiger partial charge in [-0.25, -0.2) is 0 Å². The molecule has 1 saturated carbocycles. The largest absolute Gasteiger partial charge is 0.352 e. The fourth-order valence-electron chi connectivity index (χ4n) is 1.73. The van der Waals surface area contributed by atoms with Crippen LogP contribution in [0.3, 0.4) is 0 Å². The number of nitrogens with one attached hydrogen (secondary N) is 1. The minimum atomic E-state index is 0.121. The number of hydrogen-bond donors (Lipinski definition) is 2. The van der Waals surface area contributed by atoms with E-state index in [9.17, 15) is 4.79 Å². The topological polar surface area (TPSA) is 46.9 Å². The van der Waals surface area contributed by atoms with Gasteiger partial charge in [0.1, 0.15) is 0 Å². The van der Waals surface area contributed by atoms with E-state index in [1.165, 1.54) is 0 Å². The van der Waals surface area contributed by atoms with Crippen LogP contribution in [0.25, 0.3) is 0 Å². The second kappa shape index (κ2) is 4.49. The summed E-state index contributed by atoms with van der Waals surface area (Å²) in [5.74, 6) is 0.934. The van der Waals surface area contributed by atoms with Crippen LogP contribution >= 0.6 is 12.6 Å². The molecule has 0 aromatic carbocycles. The highest BCUT2D eigenvalue weighted by Gasteiger charge is 2.42. The SMILES string of the molecule is Cn1cc(CNC(=O)CC2(CS)CC2)cn1. The molecule has 0 saturated heterocycles. The first-order valence-electron chi connectivity index (χ1n) is 5.49. The minimum Gasteiger partial charge on any atom is -0.352 e. The van der Waals surface area contributed by atoms with Crippen LogP contribution in [0.2, 0.25) is 0 Å². The van der Waals surface area contributed by atoms with E-state index in [-0.39, 0.29) is 11.3 Å². The molecule has 4 nitrogen and oxygen atoms in total. The molecule has 1 amide bonds. The summed E-state index contributed by atoms with van der Waals surface area (Å²) in [7, 11) is 1.87. The molecule has 5 heteroatoms. The molecule has 0 bridgehead atoms. The van der Waals surface area contributed by atoms with Crippen molar-refractivity contribution >= 4 is 18.5 Å². The molecule has 88 valence electrons. The van der Waals surface area contributed by atoms with Gasteiger partial charge in [-0.05, 0) is 24.0 Å². The number of thiol groups is 1. The van der Waals surface area contributed by atoms with Crippen LogP contribution < -0.4 is 5.32 Å². The van der Waals surface area contributed by atoms with Crippen molar-refractivity contribution in [3.63, 3.8) is 0 Å². The predicted octanol–water partition coefficient (Wildman–Crippen LogP) is 1.14. The molecule has 1 aliphatic rings. The molecule has 16 heavy (non-hydrogen) atoms. The highest BCUT2D eigenvalue weighted by molar-refractivity contribution is 7.80. The summed E-state index contributed by atoms with van der Waals surface area (Å²) in [6.45, 7) is 0.565. The molecule has 0 atom stereocenters. The summed E-state index contributed by atoms with van der Waals surface area (Å²) in [6.07, 6.45) is 6.56. The van der Waals surface area contributed by atoms with E-state index in [2.05, 4.69) is 23.0 Å². The summed E-state index contributed by atoms with van der Waals surface area (Å²) in [6, 6.07) is 0. The molecule has 1 aliphatic carbocycles. The van der Waals surface area contributed by atoms with Gasteiger partial charge in [-0.3, -0.25) is 9.48 Å². The molecule has 1 N–H and O–H groups in total. The van der Waals surface area contributed by atoms with E-state index in [4.69, 9.17) is 0 Å². The Bertz CT molecular complexity index is 384. The van der Waals surface area contributed by atoms with Gasteiger partial charge < -0.3 is 5.32 Å². The van der Waals surface area contributed by atoms with Gasteiger partial charge >= 0.3 is 0 Å². The number of amides is 1. The first kappa shape index (κ1) is 11.5. The van der Waals surface area contributed by atoms with E-state index >= 15 is 0 Å². The molecule has 0 radical (unpaired) electrons. The number of rotatable bonds is 5. The molecule has 0 aliphatic heterocycles. The maximum absolute atomic E-state index is 11.7. The predicted molar refractivity (Wildman–Crippen MR) is 65.2 cm³/mol. The van der Waals surface area contributed by atoms with E-state index < -0.39 is 0 Å². The van der Waals surface area contributed by atoms with E-state index in [1.54, 1.807) is 10.9 Å². The van der Waals surface area contributed by atoms with Crippen LogP contribution in [0.4, 0.5) is 0 Å². The lowest BCUT2D eigenvalue weighted by atomic mass is 10.1. The van der Waals surface area contributed by atoms with Gasteiger partial charge in [0.2, 0.25) is 5.91 Å². The van der Waals surface area contributed by atoms with Crippen molar-refractivity contribution in [2.24, 2.45) is 12.5 Å². The summed E-state index contributed by atoms with van der Waals surface area (Å²) >= 11 is 4.29. The van der Waals surface area contributed by atoms with Crippen molar-refractivity contribution < 1.29 is 4.79 Å². The van der Waals surface area contributed by atoms with Gasteiger partial charge in [0.25, 0.3) is 0 Å². The van der Waals surface area contributed by atoms with Crippen LogP contribution in [0.15, 0.2) is 12.4 Å². The Morgan fingerprint density at radius 3 is 2.94 bits per heavy atom. The van der Waals surface area contributed by atoms with Gasteiger partial charge in [-0.15, -0.1) is 0 Å². The Kier molecular flexibility index (Phi) is 3.23. The standard InChI is InChI=1S/C11H17N3OS/c1-14-7-9(6-13-14)5-12-10(15)4-11(8-16)2-3-11/h6-7,16H,2-5,8H2,1H3,(H,12,15). The van der Waals surface area contributed by atoms with Crippen LogP contribution in [0, 0.1) is 5.41 Å². The lowest BCUT2D eigenvalue weighted by Crippen LogP contribution is -2.26. The molecule has 1 fully saturated rings. The van der Waals surface area contributed by atoms with Gasteiger partial charge in [0, 0.05) is 31.8 Å².